The molecule has 0 N–H and O–H groups in total. The molecule has 1 nitrogen and oxygen atoms in total. The van der Waals surface area contributed by atoms with E-state index >= 15 is 0 Å². The van der Waals surface area contributed by atoms with Crippen molar-refractivity contribution in [1.29, 1.82) is 0 Å². The van der Waals surface area contributed by atoms with Gasteiger partial charge < -0.3 is 0 Å². The number of nitrogens with zero attached hydrogens (tertiary/aromatic N) is 1. The minimum absolute atomic E-state index is 0.419. The Morgan fingerprint density at radius 3 is 2.38 bits per heavy atom. The van der Waals surface area contributed by atoms with Crippen molar-refractivity contribution in [2.24, 2.45) is 5.92 Å². The van der Waals surface area contributed by atoms with Crippen molar-refractivity contribution in [1.82, 2.24) is 4.98 Å². The number of unbranched alkanes of at least 4 members (excludes halogenated alkanes) is 2. The molecular weight excluding hydrogens is 297 g/mol. The Bertz CT molecular complexity index is 627. The maximum absolute atomic E-state index is 13.3. The van der Waals surface area contributed by atoms with Gasteiger partial charge in [0.1, 0.15) is 0 Å². The van der Waals surface area contributed by atoms with Crippen molar-refractivity contribution in [3.05, 3.63) is 54.0 Å². The predicted molar refractivity (Wildman–Crippen MR) is 98.5 cm³/mol. The quantitative estimate of drug-likeness (QED) is 0.423. The van der Waals surface area contributed by atoms with Crippen molar-refractivity contribution in [2.45, 2.75) is 64.2 Å². The zero-order chi connectivity index (χ0) is 16.8. The van der Waals surface area contributed by atoms with Crippen LogP contribution in [-0.2, 0) is 0 Å². The molecule has 1 heterocycles. The van der Waals surface area contributed by atoms with E-state index in [0.29, 0.717) is 11.6 Å². The lowest BCUT2D eigenvalue weighted by Gasteiger charge is -2.29. The fraction of sp³-hybridized carbons (Fsp3) is 0.500. The number of halogens is 1. The summed E-state index contributed by atoms with van der Waals surface area (Å²) < 4.78 is 13.3. The average molecular weight is 325 g/mol. The van der Waals surface area contributed by atoms with Crippen molar-refractivity contribution < 1.29 is 4.39 Å². The Balaban J connectivity index is 1.57. The second-order valence-electron chi connectivity index (χ2n) is 7.18. The van der Waals surface area contributed by atoms with Crippen LogP contribution >= 0.6 is 0 Å². The number of aromatic nitrogens is 1. The van der Waals surface area contributed by atoms with Gasteiger partial charge in [-0.05, 0) is 55.2 Å². The number of benzene rings is 1. The van der Waals surface area contributed by atoms with Crippen molar-refractivity contribution in [3.63, 3.8) is 0 Å². The summed E-state index contributed by atoms with van der Waals surface area (Å²) in [5.74, 6) is 1.23. The molecule has 0 bridgehead atoms. The molecule has 3 rings (SSSR count). The molecule has 0 radical (unpaired) electrons. The van der Waals surface area contributed by atoms with Gasteiger partial charge in [0.15, 0.2) is 0 Å². The van der Waals surface area contributed by atoms with Crippen LogP contribution in [0, 0.1) is 11.9 Å². The summed E-state index contributed by atoms with van der Waals surface area (Å²) in [6.07, 6.45) is 10.9. The molecule has 0 atom stereocenters. The maximum Gasteiger partial charge on any atom is 0.213 e. The van der Waals surface area contributed by atoms with Gasteiger partial charge >= 0.3 is 0 Å². The first-order valence-corrected chi connectivity index (χ1v) is 9.49. The Kier molecular flexibility index (Phi) is 6.01. The van der Waals surface area contributed by atoms with E-state index < -0.39 is 5.95 Å². The van der Waals surface area contributed by atoms with Crippen LogP contribution in [0.15, 0.2) is 42.5 Å². The monoisotopic (exact) mass is 325 g/mol. The fourth-order valence-corrected chi connectivity index (χ4v) is 3.96. The van der Waals surface area contributed by atoms with Gasteiger partial charge in [-0.2, -0.15) is 4.39 Å². The molecule has 0 aliphatic heterocycles. The van der Waals surface area contributed by atoms with Crippen LogP contribution in [0.4, 0.5) is 4.39 Å². The highest BCUT2D eigenvalue weighted by Gasteiger charge is 2.22. The minimum Gasteiger partial charge on any atom is -0.220 e. The molecule has 0 unspecified atom stereocenters. The van der Waals surface area contributed by atoms with Crippen LogP contribution in [0.3, 0.4) is 0 Å². The van der Waals surface area contributed by atoms with Crippen LogP contribution in [-0.4, -0.2) is 4.98 Å². The first-order chi connectivity index (χ1) is 11.8. The lowest BCUT2D eigenvalue weighted by atomic mass is 9.77. The van der Waals surface area contributed by atoms with Crippen molar-refractivity contribution in [3.8, 4) is 11.3 Å². The maximum atomic E-state index is 13.3. The Morgan fingerprint density at radius 2 is 1.71 bits per heavy atom. The fourth-order valence-electron chi connectivity index (χ4n) is 3.96. The van der Waals surface area contributed by atoms with Crippen molar-refractivity contribution >= 4 is 0 Å². The first-order valence-electron chi connectivity index (χ1n) is 9.49. The number of pyridine rings is 1. The van der Waals surface area contributed by atoms with Gasteiger partial charge in [0.05, 0.1) is 5.69 Å². The molecule has 1 aromatic heterocycles. The molecule has 0 amide bonds. The molecule has 1 aromatic carbocycles. The third-order valence-corrected chi connectivity index (χ3v) is 5.46. The van der Waals surface area contributed by atoms with Gasteiger partial charge in [-0.3, -0.25) is 0 Å². The first kappa shape index (κ1) is 17.1. The van der Waals surface area contributed by atoms with E-state index in [1.54, 1.807) is 6.07 Å². The van der Waals surface area contributed by atoms with E-state index in [2.05, 4.69) is 36.2 Å². The predicted octanol–water partition coefficient (Wildman–Crippen LogP) is 6.74. The lowest BCUT2D eigenvalue weighted by Crippen LogP contribution is -2.13. The van der Waals surface area contributed by atoms with E-state index in [-0.39, 0.29) is 0 Å². The third-order valence-electron chi connectivity index (χ3n) is 5.46. The molecule has 0 spiro atoms. The van der Waals surface area contributed by atoms with Crippen LogP contribution in [0.25, 0.3) is 11.3 Å². The molecule has 0 saturated heterocycles. The summed E-state index contributed by atoms with van der Waals surface area (Å²) >= 11 is 0. The minimum atomic E-state index is -0.419. The summed E-state index contributed by atoms with van der Waals surface area (Å²) in [4.78, 5) is 3.96. The molecule has 2 heteroatoms. The second-order valence-corrected chi connectivity index (χ2v) is 7.18. The zero-order valence-electron chi connectivity index (χ0n) is 14.7. The smallest absolute Gasteiger partial charge is 0.213 e. The van der Waals surface area contributed by atoms with Gasteiger partial charge in [-0.25, -0.2) is 4.98 Å². The summed E-state index contributed by atoms with van der Waals surface area (Å²) in [5, 5.41) is 0. The molecule has 1 aliphatic rings. The van der Waals surface area contributed by atoms with Gasteiger partial charge in [0.2, 0.25) is 5.95 Å². The highest BCUT2D eigenvalue weighted by Crippen LogP contribution is 2.38. The molecule has 1 fully saturated rings. The topological polar surface area (TPSA) is 12.9 Å². The average Bonchev–Trinajstić information content (AvgIpc) is 2.63. The van der Waals surface area contributed by atoms with E-state index in [9.17, 15) is 4.39 Å². The highest BCUT2D eigenvalue weighted by molar-refractivity contribution is 5.59. The molecular formula is C22H28FN. The van der Waals surface area contributed by atoms with Gasteiger partial charge in [-0.15, -0.1) is 0 Å². The molecule has 1 saturated carbocycles. The van der Waals surface area contributed by atoms with Crippen molar-refractivity contribution in [2.75, 3.05) is 0 Å². The van der Waals surface area contributed by atoms with Gasteiger partial charge in [0.25, 0.3) is 0 Å². The normalized spacial score (nSPS) is 20.9. The lowest BCUT2D eigenvalue weighted by molar-refractivity contribution is 0.303. The number of rotatable bonds is 6. The van der Waals surface area contributed by atoms with Crippen LogP contribution in [0.1, 0.15) is 69.8 Å². The summed E-state index contributed by atoms with van der Waals surface area (Å²) in [7, 11) is 0. The van der Waals surface area contributed by atoms with E-state index in [4.69, 9.17) is 0 Å². The number of hydrogen-bond donors (Lipinski definition) is 0. The zero-order valence-corrected chi connectivity index (χ0v) is 14.7. The molecule has 24 heavy (non-hydrogen) atoms. The second kappa shape index (κ2) is 8.41. The summed E-state index contributed by atoms with van der Waals surface area (Å²) in [5.41, 5.74) is 3.13. The van der Waals surface area contributed by atoms with E-state index in [0.717, 1.165) is 11.5 Å². The Morgan fingerprint density at radius 1 is 0.958 bits per heavy atom. The summed E-state index contributed by atoms with van der Waals surface area (Å²) in [6.45, 7) is 2.28. The standard InChI is InChI=1S/C22H28FN/c1-2-3-4-6-17-9-11-18(12-10-17)19-13-15-20(16-14-19)21-7-5-8-22(23)24-21/h5,7-8,13-18H,2-4,6,9-12H2,1H3/t17-,18-. The molecule has 2 aromatic rings. The Labute approximate surface area is 145 Å². The third kappa shape index (κ3) is 4.43. The van der Waals surface area contributed by atoms with Gasteiger partial charge in [0, 0.05) is 5.56 Å². The SMILES string of the molecule is CCCCC[C@H]1CC[C@H](c2ccc(-c3cccc(F)n3)cc2)CC1. The van der Waals surface area contributed by atoms with E-state index in [1.807, 2.05) is 6.07 Å². The largest absolute Gasteiger partial charge is 0.220 e. The van der Waals surface area contributed by atoms with Crippen LogP contribution in [0.5, 0.6) is 0 Å². The highest BCUT2D eigenvalue weighted by atomic mass is 19.1. The van der Waals surface area contributed by atoms with Crippen LogP contribution in [0.2, 0.25) is 0 Å². The van der Waals surface area contributed by atoms with Crippen LogP contribution < -0.4 is 0 Å². The molecule has 1 aliphatic carbocycles. The Hall–Kier alpha value is -1.70. The molecule has 128 valence electrons. The summed E-state index contributed by atoms with van der Waals surface area (Å²) in [6, 6.07) is 13.6. The van der Waals surface area contributed by atoms with E-state index in [1.165, 1.54) is 63.0 Å². The number of hydrogen-bond acceptors (Lipinski definition) is 1. The van der Waals surface area contributed by atoms with Gasteiger partial charge in [-0.1, -0.05) is 62.9 Å².